The third-order valence-corrected chi connectivity index (χ3v) is 3.94. The summed E-state index contributed by atoms with van der Waals surface area (Å²) in [6, 6.07) is -0.517. The molecule has 0 radical (unpaired) electrons. The Morgan fingerprint density at radius 2 is 1.83 bits per heavy atom. The van der Waals surface area contributed by atoms with Gasteiger partial charge in [-0.05, 0) is 26.3 Å². The highest BCUT2D eigenvalue weighted by atomic mass is 35.5. The first-order chi connectivity index (χ1) is 10.6. The second-order valence-electron chi connectivity index (χ2n) is 5.79. The lowest BCUT2D eigenvalue weighted by molar-refractivity contribution is -0.145. The fourth-order valence-corrected chi connectivity index (χ4v) is 2.56. The van der Waals surface area contributed by atoms with Gasteiger partial charge in [0, 0.05) is 19.6 Å². The highest BCUT2D eigenvalue weighted by Crippen LogP contribution is 2.11. The fourth-order valence-electron chi connectivity index (χ4n) is 2.56. The highest BCUT2D eigenvalue weighted by molar-refractivity contribution is 5.85. The lowest BCUT2D eigenvalue weighted by atomic mass is 10.1. The molecule has 1 aliphatic heterocycles. The molecular weight excluding hydrogens is 355 g/mol. The third-order valence-electron chi connectivity index (χ3n) is 3.94. The van der Waals surface area contributed by atoms with Crippen molar-refractivity contribution < 1.29 is 14.4 Å². The largest absolute Gasteiger partial charge is 0.379 e. The third kappa shape index (κ3) is 11.3. The van der Waals surface area contributed by atoms with E-state index in [1.165, 1.54) is 5.06 Å². The summed E-state index contributed by atoms with van der Waals surface area (Å²) in [6.45, 7) is 7.33. The molecule has 1 fully saturated rings. The summed E-state index contributed by atoms with van der Waals surface area (Å²) in [5.41, 5.74) is 10.9. The SMILES string of the molecule is CC(CCCCCCN)N(OCCN1CCOCC1)C(N)=O.Cl.Cl. The Hall–Kier alpha value is -0.310. The number of nitrogens with zero attached hydrogens (tertiary/aromatic N) is 2. The summed E-state index contributed by atoms with van der Waals surface area (Å²) in [5, 5.41) is 1.32. The molecule has 1 saturated heterocycles. The van der Waals surface area contributed by atoms with Crippen molar-refractivity contribution >= 4 is 30.8 Å². The summed E-state index contributed by atoms with van der Waals surface area (Å²) in [5.74, 6) is 0. The van der Waals surface area contributed by atoms with Gasteiger partial charge in [0.25, 0.3) is 0 Å². The lowest BCUT2D eigenvalue weighted by Crippen LogP contribution is -2.44. The van der Waals surface area contributed by atoms with E-state index in [1.54, 1.807) is 0 Å². The normalized spacial score (nSPS) is 15.9. The summed E-state index contributed by atoms with van der Waals surface area (Å²) in [4.78, 5) is 19.4. The number of amides is 2. The first-order valence-corrected chi connectivity index (χ1v) is 8.37. The van der Waals surface area contributed by atoms with Gasteiger partial charge in [0.2, 0.25) is 0 Å². The summed E-state index contributed by atoms with van der Waals surface area (Å²) in [7, 11) is 0. The first-order valence-electron chi connectivity index (χ1n) is 8.37. The number of unbranched alkanes of at least 4 members (excludes halogenated alkanes) is 3. The number of halogens is 2. The van der Waals surface area contributed by atoms with Gasteiger partial charge < -0.3 is 16.2 Å². The van der Waals surface area contributed by atoms with E-state index < -0.39 is 6.03 Å². The van der Waals surface area contributed by atoms with Gasteiger partial charge in [0.05, 0.1) is 25.9 Å². The molecule has 0 bridgehead atoms. The summed E-state index contributed by atoms with van der Waals surface area (Å²) >= 11 is 0. The molecule has 0 aromatic heterocycles. The van der Waals surface area contributed by atoms with Crippen LogP contribution in [-0.2, 0) is 9.57 Å². The molecule has 0 aromatic carbocycles. The number of primary amides is 1. The highest BCUT2D eigenvalue weighted by Gasteiger charge is 2.19. The van der Waals surface area contributed by atoms with Crippen molar-refractivity contribution in [2.45, 2.75) is 45.1 Å². The lowest BCUT2D eigenvalue weighted by Gasteiger charge is -2.29. The van der Waals surface area contributed by atoms with Crippen LogP contribution in [0.15, 0.2) is 0 Å². The average Bonchev–Trinajstić information content (AvgIpc) is 2.52. The second-order valence-corrected chi connectivity index (χ2v) is 5.79. The number of hydrogen-bond acceptors (Lipinski definition) is 5. The van der Waals surface area contributed by atoms with Crippen molar-refractivity contribution in [1.82, 2.24) is 9.96 Å². The zero-order valence-corrected chi connectivity index (χ0v) is 16.3. The Morgan fingerprint density at radius 1 is 1.21 bits per heavy atom. The molecule has 1 rings (SSSR count). The minimum Gasteiger partial charge on any atom is -0.379 e. The smallest absolute Gasteiger partial charge is 0.338 e. The van der Waals surface area contributed by atoms with Crippen LogP contribution < -0.4 is 11.5 Å². The van der Waals surface area contributed by atoms with Crippen LogP contribution >= 0.6 is 24.8 Å². The molecule has 24 heavy (non-hydrogen) atoms. The van der Waals surface area contributed by atoms with Crippen LogP contribution in [0.25, 0.3) is 0 Å². The quantitative estimate of drug-likeness (QED) is 0.415. The Balaban J connectivity index is 0. The van der Waals surface area contributed by atoms with Crippen molar-refractivity contribution in [3.8, 4) is 0 Å². The topological polar surface area (TPSA) is 94.0 Å². The van der Waals surface area contributed by atoms with Gasteiger partial charge in [-0.3, -0.25) is 9.74 Å². The molecule has 0 spiro atoms. The van der Waals surface area contributed by atoms with Gasteiger partial charge in [-0.1, -0.05) is 19.3 Å². The molecule has 9 heteroatoms. The van der Waals surface area contributed by atoms with Gasteiger partial charge in [0.15, 0.2) is 0 Å². The standard InChI is InChI=1S/C15H32N4O3.2ClH/c1-14(6-4-2-3-5-7-16)19(15(17)20)22-13-10-18-8-11-21-12-9-18;;/h14H,2-13,16H2,1H3,(H2,17,20);2*1H. The molecular formula is C15H34Cl2N4O3. The monoisotopic (exact) mass is 388 g/mol. The van der Waals surface area contributed by atoms with E-state index in [1.807, 2.05) is 6.92 Å². The zero-order valence-electron chi connectivity index (χ0n) is 14.7. The minimum atomic E-state index is -0.517. The van der Waals surface area contributed by atoms with Gasteiger partial charge >= 0.3 is 6.03 Å². The predicted molar refractivity (Wildman–Crippen MR) is 101 cm³/mol. The Labute approximate surface area is 158 Å². The van der Waals surface area contributed by atoms with E-state index in [0.29, 0.717) is 6.61 Å². The van der Waals surface area contributed by atoms with Crippen LogP contribution in [0.2, 0.25) is 0 Å². The number of hydroxylamine groups is 2. The molecule has 2 amide bonds. The Kier molecular flexibility index (Phi) is 17.5. The van der Waals surface area contributed by atoms with E-state index in [-0.39, 0.29) is 30.9 Å². The summed E-state index contributed by atoms with van der Waals surface area (Å²) < 4.78 is 5.30. The van der Waals surface area contributed by atoms with Crippen LogP contribution in [0.4, 0.5) is 4.79 Å². The molecule has 1 aliphatic rings. The van der Waals surface area contributed by atoms with Gasteiger partial charge in [-0.2, -0.15) is 0 Å². The number of nitrogens with two attached hydrogens (primary N) is 2. The van der Waals surface area contributed by atoms with Crippen LogP contribution in [0.1, 0.15) is 39.0 Å². The minimum absolute atomic E-state index is 0. The Morgan fingerprint density at radius 3 is 2.42 bits per heavy atom. The van der Waals surface area contributed by atoms with Crippen LogP contribution in [0.5, 0.6) is 0 Å². The molecule has 4 N–H and O–H groups in total. The number of morpholine rings is 1. The van der Waals surface area contributed by atoms with Crippen LogP contribution in [-0.4, -0.2) is 68.0 Å². The van der Waals surface area contributed by atoms with E-state index in [9.17, 15) is 4.79 Å². The number of ether oxygens (including phenoxy) is 1. The molecule has 1 atom stereocenters. The molecule has 1 heterocycles. The van der Waals surface area contributed by atoms with Crippen molar-refractivity contribution in [2.75, 3.05) is 46.0 Å². The van der Waals surface area contributed by atoms with Crippen molar-refractivity contribution in [1.29, 1.82) is 0 Å². The zero-order chi connectivity index (χ0) is 16.2. The number of rotatable bonds is 11. The first kappa shape index (κ1) is 25.9. The average molecular weight is 389 g/mol. The van der Waals surface area contributed by atoms with E-state index in [0.717, 1.165) is 71.5 Å². The molecule has 0 aliphatic carbocycles. The number of urea groups is 1. The van der Waals surface area contributed by atoms with E-state index in [4.69, 9.17) is 21.0 Å². The molecule has 0 aromatic rings. The van der Waals surface area contributed by atoms with E-state index in [2.05, 4.69) is 4.90 Å². The molecule has 1 unspecified atom stereocenters. The van der Waals surface area contributed by atoms with Crippen molar-refractivity contribution in [3.63, 3.8) is 0 Å². The van der Waals surface area contributed by atoms with Gasteiger partial charge in [0.1, 0.15) is 0 Å². The maximum atomic E-state index is 11.5. The molecule has 146 valence electrons. The maximum Gasteiger partial charge on any atom is 0.338 e. The maximum absolute atomic E-state index is 11.5. The van der Waals surface area contributed by atoms with Gasteiger partial charge in [-0.25, -0.2) is 9.86 Å². The second kappa shape index (κ2) is 16.2. The number of hydrogen-bond donors (Lipinski definition) is 2. The van der Waals surface area contributed by atoms with Crippen molar-refractivity contribution in [2.24, 2.45) is 11.5 Å². The van der Waals surface area contributed by atoms with Gasteiger partial charge in [-0.15, -0.1) is 24.8 Å². The van der Waals surface area contributed by atoms with Crippen molar-refractivity contribution in [3.05, 3.63) is 0 Å². The number of carbonyl (C=O) groups is 1. The Bertz CT molecular complexity index is 308. The van der Waals surface area contributed by atoms with Crippen LogP contribution in [0.3, 0.4) is 0 Å². The number of carbonyl (C=O) groups excluding carboxylic acids is 1. The fraction of sp³-hybridized carbons (Fsp3) is 0.933. The summed E-state index contributed by atoms with van der Waals surface area (Å²) in [6.07, 6.45) is 5.27. The predicted octanol–water partition coefficient (Wildman–Crippen LogP) is 1.77. The van der Waals surface area contributed by atoms with E-state index >= 15 is 0 Å². The van der Waals surface area contributed by atoms with Crippen LogP contribution in [0, 0.1) is 0 Å². The molecule has 0 saturated carbocycles. The molecule has 7 nitrogen and oxygen atoms in total.